The molecule has 1 unspecified atom stereocenters. The minimum atomic E-state index is -0.611. The Morgan fingerprint density at radius 2 is 1.88 bits per heavy atom. The Kier molecular flexibility index (Phi) is 5.52. The first-order valence-electron chi connectivity index (χ1n) is 9.33. The number of esters is 1. The molecule has 5 nitrogen and oxygen atoms in total. The Labute approximate surface area is 157 Å². The molecule has 1 atom stereocenters. The molecule has 1 aliphatic heterocycles. The fraction of sp³-hybridized carbons (Fsp3) is 0.619. The third-order valence-corrected chi connectivity index (χ3v) is 5.77. The van der Waals surface area contributed by atoms with E-state index in [2.05, 4.69) is 37.9 Å². The predicted molar refractivity (Wildman–Crippen MR) is 104 cm³/mol. The van der Waals surface area contributed by atoms with Crippen molar-refractivity contribution in [1.29, 1.82) is 0 Å². The lowest BCUT2D eigenvalue weighted by Gasteiger charge is -2.55. The van der Waals surface area contributed by atoms with Gasteiger partial charge in [0.25, 0.3) is 0 Å². The summed E-state index contributed by atoms with van der Waals surface area (Å²) in [6, 6.07) is 5.36. The number of amides is 1. The summed E-state index contributed by atoms with van der Waals surface area (Å²) in [7, 11) is 0. The van der Waals surface area contributed by atoms with Crippen LogP contribution in [0.15, 0.2) is 18.2 Å². The van der Waals surface area contributed by atoms with Crippen LogP contribution in [0.2, 0.25) is 0 Å². The number of nitrogens with zero attached hydrogens (tertiary/aromatic N) is 1. The monoisotopic (exact) mass is 360 g/mol. The van der Waals surface area contributed by atoms with E-state index in [0.717, 1.165) is 11.1 Å². The molecule has 1 amide bonds. The van der Waals surface area contributed by atoms with Gasteiger partial charge in [0.05, 0.1) is 5.54 Å². The van der Waals surface area contributed by atoms with Crippen LogP contribution in [0.1, 0.15) is 78.5 Å². The maximum atomic E-state index is 13.0. The molecule has 0 bridgehead atoms. The third kappa shape index (κ3) is 3.50. The molecule has 26 heavy (non-hydrogen) atoms. The summed E-state index contributed by atoms with van der Waals surface area (Å²) in [4.78, 5) is 26.9. The van der Waals surface area contributed by atoms with Crippen molar-refractivity contribution in [1.82, 2.24) is 4.90 Å². The topological polar surface area (TPSA) is 58.6 Å². The average Bonchev–Trinajstić information content (AvgIpc) is 2.50. The standard InChI is InChI=1S/C21H32N2O3/c1-9-23-18(19(25)26-21(7,8)20(23,5)6)16-12-15(13(2)3)10-11-17(16)22-14(4)24/h10-13,18H,9H2,1-8H3,(H,22,24). The molecular weight excluding hydrogens is 328 g/mol. The van der Waals surface area contributed by atoms with Crippen molar-refractivity contribution in [2.45, 2.75) is 78.5 Å². The van der Waals surface area contributed by atoms with Gasteiger partial charge in [0, 0.05) is 18.2 Å². The first kappa shape index (κ1) is 20.4. The van der Waals surface area contributed by atoms with E-state index in [0.29, 0.717) is 18.2 Å². The van der Waals surface area contributed by atoms with Gasteiger partial charge in [-0.3, -0.25) is 9.69 Å². The van der Waals surface area contributed by atoms with Crippen LogP contribution < -0.4 is 5.32 Å². The predicted octanol–water partition coefficient (Wildman–Crippen LogP) is 4.25. The summed E-state index contributed by atoms with van der Waals surface area (Å²) >= 11 is 0. The molecule has 1 aromatic carbocycles. The molecule has 2 rings (SSSR count). The highest BCUT2D eigenvalue weighted by Crippen LogP contribution is 2.45. The summed E-state index contributed by atoms with van der Waals surface area (Å²) in [5, 5.41) is 2.88. The van der Waals surface area contributed by atoms with Gasteiger partial charge in [0.15, 0.2) is 0 Å². The Bertz CT molecular complexity index is 707. The van der Waals surface area contributed by atoms with Crippen molar-refractivity contribution in [3.8, 4) is 0 Å². The van der Waals surface area contributed by atoms with Crippen molar-refractivity contribution in [3.63, 3.8) is 0 Å². The number of carbonyl (C=O) groups excluding carboxylic acids is 2. The number of benzene rings is 1. The van der Waals surface area contributed by atoms with Crippen molar-refractivity contribution in [3.05, 3.63) is 29.3 Å². The largest absolute Gasteiger partial charge is 0.456 e. The van der Waals surface area contributed by atoms with Gasteiger partial charge in [-0.25, -0.2) is 4.79 Å². The minimum absolute atomic E-state index is 0.157. The smallest absolute Gasteiger partial charge is 0.328 e. The van der Waals surface area contributed by atoms with Crippen LogP contribution in [-0.2, 0) is 14.3 Å². The Morgan fingerprint density at radius 3 is 2.38 bits per heavy atom. The molecule has 0 radical (unpaired) electrons. The fourth-order valence-electron chi connectivity index (χ4n) is 3.57. The molecule has 144 valence electrons. The van der Waals surface area contributed by atoms with Gasteiger partial charge in [-0.2, -0.15) is 0 Å². The molecule has 0 spiro atoms. The summed E-state index contributed by atoms with van der Waals surface area (Å²) in [5.74, 6) is -0.113. The van der Waals surface area contributed by atoms with Crippen LogP contribution in [0.3, 0.4) is 0 Å². The Morgan fingerprint density at radius 1 is 1.27 bits per heavy atom. The summed E-state index contributed by atoms with van der Waals surface area (Å²) in [6.45, 7) is 16.5. The molecule has 1 heterocycles. The second kappa shape index (κ2) is 7.03. The number of cyclic esters (lactones) is 1. The summed E-state index contributed by atoms with van der Waals surface area (Å²) < 4.78 is 5.86. The lowest BCUT2D eigenvalue weighted by molar-refractivity contribution is -0.205. The lowest BCUT2D eigenvalue weighted by Crippen LogP contribution is -2.66. The van der Waals surface area contributed by atoms with Gasteiger partial charge in [0.2, 0.25) is 5.91 Å². The third-order valence-electron chi connectivity index (χ3n) is 5.77. The van der Waals surface area contributed by atoms with E-state index in [1.807, 2.05) is 39.0 Å². The van der Waals surface area contributed by atoms with E-state index in [1.165, 1.54) is 6.92 Å². The summed E-state index contributed by atoms with van der Waals surface area (Å²) in [5.41, 5.74) is 1.61. The fourth-order valence-corrected chi connectivity index (χ4v) is 3.57. The minimum Gasteiger partial charge on any atom is -0.456 e. The first-order valence-corrected chi connectivity index (χ1v) is 9.33. The Balaban J connectivity index is 2.64. The number of carbonyl (C=O) groups is 2. The number of likely N-dealkylation sites (N-methyl/N-ethyl adjacent to an activating group) is 1. The lowest BCUT2D eigenvalue weighted by atomic mass is 9.79. The van der Waals surface area contributed by atoms with Gasteiger partial charge in [-0.15, -0.1) is 0 Å². The first-order chi connectivity index (χ1) is 11.9. The highest BCUT2D eigenvalue weighted by molar-refractivity contribution is 5.91. The molecule has 1 aromatic rings. The molecule has 0 aromatic heterocycles. The van der Waals surface area contributed by atoms with Gasteiger partial charge in [-0.05, 0) is 51.8 Å². The van der Waals surface area contributed by atoms with E-state index in [9.17, 15) is 9.59 Å². The number of hydrogen-bond donors (Lipinski definition) is 1. The van der Waals surface area contributed by atoms with Gasteiger partial charge < -0.3 is 10.1 Å². The number of hydrogen-bond acceptors (Lipinski definition) is 4. The normalized spacial score (nSPS) is 22.2. The van der Waals surface area contributed by atoms with E-state index in [4.69, 9.17) is 4.74 Å². The van der Waals surface area contributed by atoms with E-state index < -0.39 is 11.6 Å². The number of morpholine rings is 1. The number of rotatable bonds is 4. The molecule has 1 fully saturated rings. The van der Waals surface area contributed by atoms with Gasteiger partial charge in [-0.1, -0.05) is 32.9 Å². The quantitative estimate of drug-likeness (QED) is 0.816. The molecular formula is C21H32N2O3. The maximum absolute atomic E-state index is 13.0. The molecule has 1 aliphatic rings. The maximum Gasteiger partial charge on any atom is 0.328 e. The van der Waals surface area contributed by atoms with Crippen LogP contribution in [0, 0.1) is 0 Å². The van der Waals surface area contributed by atoms with E-state index >= 15 is 0 Å². The zero-order valence-corrected chi connectivity index (χ0v) is 17.3. The van der Waals surface area contributed by atoms with Crippen LogP contribution in [0.5, 0.6) is 0 Å². The average molecular weight is 360 g/mol. The molecule has 0 saturated carbocycles. The van der Waals surface area contributed by atoms with Crippen molar-refractivity contribution in [2.75, 3.05) is 11.9 Å². The number of anilines is 1. The SMILES string of the molecule is CCN1C(c2cc(C(C)C)ccc2NC(C)=O)C(=O)OC(C)(C)C1(C)C. The van der Waals surface area contributed by atoms with Crippen molar-refractivity contribution >= 4 is 17.6 Å². The van der Waals surface area contributed by atoms with Crippen LogP contribution >= 0.6 is 0 Å². The van der Waals surface area contributed by atoms with Crippen molar-refractivity contribution in [2.24, 2.45) is 0 Å². The van der Waals surface area contributed by atoms with E-state index in [1.54, 1.807) is 0 Å². The van der Waals surface area contributed by atoms with E-state index in [-0.39, 0.29) is 17.4 Å². The highest BCUT2D eigenvalue weighted by Gasteiger charge is 2.54. The zero-order chi connectivity index (χ0) is 19.9. The Hall–Kier alpha value is -1.88. The molecule has 1 N–H and O–H groups in total. The molecule has 1 saturated heterocycles. The zero-order valence-electron chi connectivity index (χ0n) is 17.3. The molecule has 0 aliphatic carbocycles. The van der Waals surface area contributed by atoms with Gasteiger partial charge >= 0.3 is 5.97 Å². The summed E-state index contributed by atoms with van der Waals surface area (Å²) in [6.07, 6.45) is 0. The number of ether oxygens (including phenoxy) is 1. The van der Waals surface area contributed by atoms with Crippen molar-refractivity contribution < 1.29 is 14.3 Å². The second-order valence-electron chi connectivity index (χ2n) is 8.36. The molecule has 5 heteroatoms. The van der Waals surface area contributed by atoms with Gasteiger partial charge in [0.1, 0.15) is 11.6 Å². The second-order valence-corrected chi connectivity index (χ2v) is 8.36. The number of nitrogens with one attached hydrogen (secondary N) is 1. The van der Waals surface area contributed by atoms with Crippen LogP contribution in [-0.4, -0.2) is 34.5 Å². The van der Waals surface area contributed by atoms with Crippen LogP contribution in [0.25, 0.3) is 0 Å². The van der Waals surface area contributed by atoms with Crippen LogP contribution in [0.4, 0.5) is 5.69 Å². The highest BCUT2D eigenvalue weighted by atomic mass is 16.6.